The average Bonchev–Trinajstić information content (AvgIpc) is 3.06. The molecular formula is C20H28F3NO5. The van der Waals surface area contributed by atoms with E-state index in [4.69, 9.17) is 24.1 Å². The minimum atomic E-state index is -5.08. The van der Waals surface area contributed by atoms with Gasteiger partial charge in [-0.1, -0.05) is 12.1 Å². The molecule has 0 amide bonds. The summed E-state index contributed by atoms with van der Waals surface area (Å²) in [6.07, 6.45) is -1.50. The molecule has 2 heterocycles. The standard InChI is InChI=1S/C18H27NO3.C2HF3O2/c1-3-21-17-12-18(22-14-17)7-9-19(10-8-18)13-15-5-4-6-16(11-15)20-2;3-2(4,5)1(6)7/h4-6,11,17H,3,7-10,12-14H2,1-2H3;(H,6,7). The van der Waals surface area contributed by atoms with Crippen molar-refractivity contribution in [3.8, 4) is 5.75 Å². The summed E-state index contributed by atoms with van der Waals surface area (Å²) in [5.74, 6) is -1.82. The lowest BCUT2D eigenvalue weighted by molar-refractivity contribution is -0.192. The third kappa shape index (κ3) is 7.17. The van der Waals surface area contributed by atoms with Crippen LogP contribution in [0.2, 0.25) is 0 Å². The maximum absolute atomic E-state index is 10.6. The van der Waals surface area contributed by atoms with Crippen LogP contribution in [0.4, 0.5) is 13.2 Å². The molecule has 1 spiro atoms. The van der Waals surface area contributed by atoms with Crippen molar-refractivity contribution in [1.29, 1.82) is 0 Å². The fraction of sp³-hybridized carbons (Fsp3) is 0.650. The van der Waals surface area contributed by atoms with Crippen molar-refractivity contribution in [2.45, 2.75) is 50.6 Å². The number of nitrogens with zero attached hydrogens (tertiary/aromatic N) is 1. The molecule has 6 nitrogen and oxygen atoms in total. The molecule has 0 aromatic heterocycles. The van der Waals surface area contributed by atoms with Gasteiger partial charge in [-0.2, -0.15) is 13.2 Å². The molecule has 2 saturated heterocycles. The number of piperidine rings is 1. The molecule has 164 valence electrons. The van der Waals surface area contributed by atoms with E-state index < -0.39 is 12.1 Å². The lowest BCUT2D eigenvalue weighted by Crippen LogP contribution is -2.43. The number of hydrogen-bond acceptors (Lipinski definition) is 5. The molecule has 0 aliphatic carbocycles. The van der Waals surface area contributed by atoms with Crippen LogP contribution < -0.4 is 4.74 Å². The van der Waals surface area contributed by atoms with Gasteiger partial charge in [0.05, 0.1) is 25.4 Å². The molecule has 2 fully saturated rings. The Hall–Kier alpha value is -1.84. The second-order valence-electron chi connectivity index (χ2n) is 7.21. The Labute approximate surface area is 168 Å². The predicted octanol–water partition coefficient (Wildman–Crippen LogP) is 3.49. The van der Waals surface area contributed by atoms with E-state index in [1.54, 1.807) is 7.11 Å². The highest BCUT2D eigenvalue weighted by molar-refractivity contribution is 5.73. The molecule has 1 N–H and O–H groups in total. The first-order valence-corrected chi connectivity index (χ1v) is 9.58. The quantitative estimate of drug-likeness (QED) is 0.788. The van der Waals surface area contributed by atoms with Gasteiger partial charge in [-0.3, -0.25) is 4.90 Å². The van der Waals surface area contributed by atoms with Crippen molar-refractivity contribution in [3.63, 3.8) is 0 Å². The Balaban J connectivity index is 0.000000370. The molecule has 0 saturated carbocycles. The third-order valence-corrected chi connectivity index (χ3v) is 5.13. The normalized spacial score (nSPS) is 21.5. The number of alkyl halides is 3. The van der Waals surface area contributed by atoms with Crippen LogP contribution in [-0.2, 0) is 20.8 Å². The summed E-state index contributed by atoms with van der Waals surface area (Å²) in [7, 11) is 1.72. The lowest BCUT2D eigenvalue weighted by atomic mass is 9.88. The van der Waals surface area contributed by atoms with Gasteiger partial charge in [0.1, 0.15) is 5.75 Å². The summed E-state index contributed by atoms with van der Waals surface area (Å²) in [6, 6.07) is 8.35. The first-order chi connectivity index (χ1) is 13.7. The van der Waals surface area contributed by atoms with Crippen molar-refractivity contribution < 1.29 is 37.3 Å². The zero-order valence-corrected chi connectivity index (χ0v) is 16.7. The topological polar surface area (TPSA) is 68.2 Å². The summed E-state index contributed by atoms with van der Waals surface area (Å²) in [5.41, 5.74) is 1.39. The maximum Gasteiger partial charge on any atom is 0.490 e. The number of methoxy groups -OCH3 is 1. The highest BCUT2D eigenvalue weighted by atomic mass is 19.4. The minimum Gasteiger partial charge on any atom is -0.497 e. The Morgan fingerprint density at radius 3 is 2.55 bits per heavy atom. The van der Waals surface area contributed by atoms with Crippen LogP contribution in [0.1, 0.15) is 31.7 Å². The van der Waals surface area contributed by atoms with E-state index in [1.165, 1.54) is 5.56 Å². The molecule has 0 radical (unpaired) electrons. The van der Waals surface area contributed by atoms with Crippen molar-refractivity contribution in [3.05, 3.63) is 29.8 Å². The van der Waals surface area contributed by atoms with Gasteiger partial charge in [0.2, 0.25) is 0 Å². The van der Waals surface area contributed by atoms with E-state index >= 15 is 0 Å². The number of carboxylic acids is 1. The van der Waals surface area contributed by atoms with E-state index in [9.17, 15) is 13.2 Å². The van der Waals surface area contributed by atoms with Crippen LogP contribution in [0, 0.1) is 0 Å². The monoisotopic (exact) mass is 419 g/mol. The van der Waals surface area contributed by atoms with E-state index in [2.05, 4.69) is 30.0 Å². The van der Waals surface area contributed by atoms with Gasteiger partial charge >= 0.3 is 12.1 Å². The summed E-state index contributed by atoms with van der Waals surface area (Å²) < 4.78 is 48.9. The van der Waals surface area contributed by atoms with Gasteiger partial charge in [-0.25, -0.2) is 4.79 Å². The molecular weight excluding hydrogens is 391 g/mol. The second kappa shape index (κ2) is 10.3. The number of halogens is 3. The summed E-state index contributed by atoms with van der Waals surface area (Å²) in [5, 5.41) is 7.12. The van der Waals surface area contributed by atoms with Gasteiger partial charge in [-0.05, 0) is 37.5 Å². The van der Waals surface area contributed by atoms with Crippen molar-refractivity contribution in [2.24, 2.45) is 0 Å². The Morgan fingerprint density at radius 2 is 2.00 bits per heavy atom. The van der Waals surface area contributed by atoms with Crippen molar-refractivity contribution >= 4 is 5.97 Å². The zero-order valence-electron chi connectivity index (χ0n) is 16.7. The van der Waals surface area contributed by atoms with Crippen LogP contribution in [-0.4, -0.2) is 67.3 Å². The first-order valence-electron chi connectivity index (χ1n) is 9.58. The average molecular weight is 419 g/mol. The fourth-order valence-corrected chi connectivity index (χ4v) is 3.64. The van der Waals surface area contributed by atoms with Crippen molar-refractivity contribution in [2.75, 3.05) is 33.4 Å². The van der Waals surface area contributed by atoms with Crippen LogP contribution in [0.5, 0.6) is 5.75 Å². The van der Waals surface area contributed by atoms with Gasteiger partial charge < -0.3 is 19.3 Å². The SMILES string of the molecule is CCOC1COC2(CCN(Cc3cccc(OC)c3)CC2)C1.O=C(O)C(F)(F)F. The molecule has 1 unspecified atom stereocenters. The lowest BCUT2D eigenvalue weighted by Gasteiger charge is -2.38. The molecule has 9 heteroatoms. The Morgan fingerprint density at radius 1 is 1.34 bits per heavy atom. The summed E-state index contributed by atoms with van der Waals surface area (Å²) in [4.78, 5) is 11.4. The zero-order chi connectivity index (χ0) is 21.5. The van der Waals surface area contributed by atoms with Crippen LogP contribution >= 0.6 is 0 Å². The van der Waals surface area contributed by atoms with Gasteiger partial charge in [0.15, 0.2) is 0 Å². The molecule has 1 aromatic carbocycles. The number of carboxylic acid groups (broad SMARTS) is 1. The van der Waals surface area contributed by atoms with Gasteiger partial charge in [0, 0.05) is 32.7 Å². The second-order valence-corrected chi connectivity index (χ2v) is 7.21. The number of benzene rings is 1. The highest BCUT2D eigenvalue weighted by Gasteiger charge is 2.43. The fourth-order valence-electron chi connectivity index (χ4n) is 3.64. The maximum atomic E-state index is 10.6. The smallest absolute Gasteiger partial charge is 0.490 e. The van der Waals surface area contributed by atoms with Gasteiger partial charge in [-0.15, -0.1) is 0 Å². The Kier molecular flexibility index (Phi) is 8.30. The Bertz CT molecular complexity index is 660. The largest absolute Gasteiger partial charge is 0.497 e. The van der Waals surface area contributed by atoms with Crippen LogP contribution in [0.15, 0.2) is 24.3 Å². The third-order valence-electron chi connectivity index (χ3n) is 5.13. The van der Waals surface area contributed by atoms with E-state index in [-0.39, 0.29) is 5.60 Å². The summed E-state index contributed by atoms with van der Waals surface area (Å²) in [6.45, 7) is 6.78. The van der Waals surface area contributed by atoms with E-state index in [0.717, 1.165) is 57.9 Å². The van der Waals surface area contributed by atoms with E-state index in [0.29, 0.717) is 6.10 Å². The first kappa shape index (κ1) is 23.4. The molecule has 3 rings (SSSR count). The van der Waals surface area contributed by atoms with Crippen LogP contribution in [0.3, 0.4) is 0 Å². The summed E-state index contributed by atoms with van der Waals surface area (Å²) >= 11 is 0. The molecule has 29 heavy (non-hydrogen) atoms. The van der Waals surface area contributed by atoms with Crippen molar-refractivity contribution in [1.82, 2.24) is 4.90 Å². The van der Waals surface area contributed by atoms with Gasteiger partial charge in [0.25, 0.3) is 0 Å². The molecule has 1 aromatic rings. The van der Waals surface area contributed by atoms with Crippen LogP contribution in [0.25, 0.3) is 0 Å². The van der Waals surface area contributed by atoms with E-state index in [1.807, 2.05) is 6.07 Å². The number of carbonyl (C=O) groups is 1. The number of rotatable bonds is 5. The number of hydrogen-bond donors (Lipinski definition) is 1. The number of likely N-dealkylation sites (tertiary alicyclic amines) is 1. The minimum absolute atomic E-state index is 0.0741. The number of ether oxygens (including phenoxy) is 3. The number of aliphatic carboxylic acids is 1. The predicted molar refractivity (Wildman–Crippen MR) is 99.9 cm³/mol. The highest BCUT2D eigenvalue weighted by Crippen LogP contribution is 2.37. The molecule has 2 aliphatic rings. The molecule has 0 bridgehead atoms. The molecule has 1 atom stereocenters. The molecule has 2 aliphatic heterocycles.